The van der Waals surface area contributed by atoms with Gasteiger partial charge in [-0.25, -0.2) is 0 Å². The molecule has 1 heterocycles. The van der Waals surface area contributed by atoms with Crippen LogP contribution in [0.15, 0.2) is 24.3 Å². The van der Waals surface area contributed by atoms with Gasteiger partial charge in [-0.1, -0.05) is 23.7 Å². The van der Waals surface area contributed by atoms with Crippen molar-refractivity contribution in [2.75, 3.05) is 13.2 Å². The van der Waals surface area contributed by atoms with Gasteiger partial charge in [0, 0.05) is 18.0 Å². The topological polar surface area (TPSA) is 21.3 Å². The van der Waals surface area contributed by atoms with Gasteiger partial charge in [-0.2, -0.15) is 0 Å². The van der Waals surface area contributed by atoms with Crippen LogP contribution in [0, 0.1) is 0 Å². The third kappa shape index (κ3) is 2.44. The van der Waals surface area contributed by atoms with E-state index in [-0.39, 0.29) is 6.23 Å². The second-order valence-corrected chi connectivity index (χ2v) is 3.58. The lowest BCUT2D eigenvalue weighted by Crippen LogP contribution is -2.24. The number of nitrogens with one attached hydrogen (secondary N) is 1. The van der Waals surface area contributed by atoms with E-state index in [1.54, 1.807) is 0 Å². The van der Waals surface area contributed by atoms with Crippen molar-refractivity contribution in [2.45, 2.75) is 12.6 Å². The summed E-state index contributed by atoms with van der Waals surface area (Å²) >= 11 is 5.78. The van der Waals surface area contributed by atoms with E-state index in [4.69, 9.17) is 16.3 Å². The van der Waals surface area contributed by atoms with Crippen molar-refractivity contribution in [1.82, 2.24) is 5.32 Å². The molecule has 13 heavy (non-hydrogen) atoms. The van der Waals surface area contributed by atoms with Crippen LogP contribution in [-0.2, 0) is 11.2 Å². The number of hydrogen-bond donors (Lipinski definition) is 1. The molecule has 2 rings (SSSR count). The van der Waals surface area contributed by atoms with Gasteiger partial charge < -0.3 is 4.74 Å². The van der Waals surface area contributed by atoms with E-state index in [2.05, 4.69) is 5.32 Å². The molecule has 0 aliphatic carbocycles. The normalized spacial score (nSPS) is 22.1. The van der Waals surface area contributed by atoms with Gasteiger partial charge in [0.05, 0.1) is 6.61 Å². The second-order valence-electron chi connectivity index (χ2n) is 3.14. The fraction of sp³-hybridized carbons (Fsp3) is 0.400. The average Bonchev–Trinajstić information content (AvgIpc) is 2.62. The summed E-state index contributed by atoms with van der Waals surface area (Å²) in [5.74, 6) is 0. The van der Waals surface area contributed by atoms with Gasteiger partial charge in [-0.15, -0.1) is 0 Å². The van der Waals surface area contributed by atoms with Crippen LogP contribution in [0.5, 0.6) is 0 Å². The lowest BCUT2D eigenvalue weighted by Gasteiger charge is -2.09. The van der Waals surface area contributed by atoms with E-state index >= 15 is 0 Å². The lowest BCUT2D eigenvalue weighted by molar-refractivity contribution is 0.102. The Morgan fingerprint density at radius 2 is 2.15 bits per heavy atom. The Morgan fingerprint density at radius 1 is 1.38 bits per heavy atom. The minimum atomic E-state index is 0.182. The van der Waals surface area contributed by atoms with Crippen LogP contribution in [0.3, 0.4) is 0 Å². The van der Waals surface area contributed by atoms with Gasteiger partial charge in [0.1, 0.15) is 6.23 Å². The maximum atomic E-state index is 5.78. The van der Waals surface area contributed by atoms with Gasteiger partial charge in [-0.05, 0) is 17.7 Å². The first kappa shape index (κ1) is 9.00. The SMILES string of the molecule is Clc1ccc(CC2NCCO2)cc1. The Balaban J connectivity index is 1.97. The van der Waals surface area contributed by atoms with Crippen LogP contribution in [0.25, 0.3) is 0 Å². The Labute approximate surface area is 82.9 Å². The van der Waals surface area contributed by atoms with E-state index < -0.39 is 0 Å². The standard InChI is InChI=1S/C10H12ClNO/c11-9-3-1-8(2-4-9)7-10-12-5-6-13-10/h1-4,10,12H,5-7H2. The monoisotopic (exact) mass is 197 g/mol. The minimum absolute atomic E-state index is 0.182. The zero-order valence-corrected chi connectivity index (χ0v) is 8.05. The molecule has 1 N–H and O–H groups in total. The van der Waals surface area contributed by atoms with Crippen molar-refractivity contribution in [1.29, 1.82) is 0 Å². The van der Waals surface area contributed by atoms with Crippen LogP contribution < -0.4 is 5.32 Å². The summed E-state index contributed by atoms with van der Waals surface area (Å²) < 4.78 is 5.44. The summed E-state index contributed by atoms with van der Waals surface area (Å²) in [6.07, 6.45) is 1.10. The Hall–Kier alpha value is -0.570. The molecule has 1 atom stereocenters. The van der Waals surface area contributed by atoms with E-state index in [1.807, 2.05) is 24.3 Å². The first-order chi connectivity index (χ1) is 6.34. The molecule has 0 saturated carbocycles. The Morgan fingerprint density at radius 3 is 2.77 bits per heavy atom. The largest absolute Gasteiger partial charge is 0.362 e. The van der Waals surface area contributed by atoms with Gasteiger partial charge in [-0.3, -0.25) is 5.32 Å². The number of rotatable bonds is 2. The third-order valence-electron chi connectivity index (χ3n) is 2.13. The smallest absolute Gasteiger partial charge is 0.112 e. The van der Waals surface area contributed by atoms with Crippen molar-refractivity contribution in [3.8, 4) is 0 Å². The molecule has 0 radical (unpaired) electrons. The summed E-state index contributed by atoms with van der Waals surface area (Å²) in [6.45, 7) is 1.77. The summed E-state index contributed by atoms with van der Waals surface area (Å²) in [7, 11) is 0. The molecule has 0 spiro atoms. The molecular formula is C10H12ClNO. The first-order valence-electron chi connectivity index (χ1n) is 4.44. The summed E-state index contributed by atoms with van der Waals surface area (Å²) in [4.78, 5) is 0. The zero-order chi connectivity index (χ0) is 9.10. The Bertz CT molecular complexity index is 267. The zero-order valence-electron chi connectivity index (χ0n) is 7.29. The molecule has 1 aromatic carbocycles. The minimum Gasteiger partial charge on any atom is -0.362 e. The maximum absolute atomic E-state index is 5.78. The van der Waals surface area contributed by atoms with Crippen molar-refractivity contribution in [3.63, 3.8) is 0 Å². The highest BCUT2D eigenvalue weighted by Gasteiger charge is 2.14. The predicted molar refractivity (Wildman–Crippen MR) is 52.9 cm³/mol. The lowest BCUT2D eigenvalue weighted by atomic mass is 10.1. The average molecular weight is 198 g/mol. The van der Waals surface area contributed by atoms with Crippen LogP contribution >= 0.6 is 11.6 Å². The van der Waals surface area contributed by atoms with Crippen LogP contribution in [-0.4, -0.2) is 19.4 Å². The molecular weight excluding hydrogens is 186 g/mol. The van der Waals surface area contributed by atoms with Gasteiger partial charge >= 0.3 is 0 Å². The van der Waals surface area contributed by atoms with E-state index in [0.717, 1.165) is 24.6 Å². The van der Waals surface area contributed by atoms with Gasteiger partial charge in [0.25, 0.3) is 0 Å². The first-order valence-corrected chi connectivity index (χ1v) is 4.82. The number of halogens is 1. The third-order valence-corrected chi connectivity index (χ3v) is 2.38. The molecule has 0 bridgehead atoms. The van der Waals surface area contributed by atoms with Crippen molar-refractivity contribution >= 4 is 11.6 Å². The molecule has 0 aromatic heterocycles. The molecule has 70 valence electrons. The maximum Gasteiger partial charge on any atom is 0.112 e. The molecule has 1 aliphatic rings. The Kier molecular flexibility index (Phi) is 2.83. The quantitative estimate of drug-likeness (QED) is 0.781. The molecule has 1 unspecified atom stereocenters. The molecule has 0 amide bonds. The van der Waals surface area contributed by atoms with E-state index in [1.165, 1.54) is 5.56 Å². The van der Waals surface area contributed by atoms with Crippen LogP contribution in [0.1, 0.15) is 5.56 Å². The fourth-order valence-electron chi connectivity index (χ4n) is 1.45. The highest BCUT2D eigenvalue weighted by atomic mass is 35.5. The summed E-state index contributed by atoms with van der Waals surface area (Å²) in [5.41, 5.74) is 1.25. The predicted octanol–water partition coefficient (Wildman–Crippen LogP) is 1.83. The number of hydrogen-bond acceptors (Lipinski definition) is 2. The molecule has 3 heteroatoms. The number of ether oxygens (including phenoxy) is 1. The van der Waals surface area contributed by atoms with Crippen LogP contribution in [0.2, 0.25) is 5.02 Å². The fourth-order valence-corrected chi connectivity index (χ4v) is 1.57. The summed E-state index contributed by atoms with van der Waals surface area (Å²) in [5, 5.41) is 4.05. The van der Waals surface area contributed by atoms with Crippen molar-refractivity contribution in [3.05, 3.63) is 34.9 Å². The second kappa shape index (κ2) is 4.09. The number of benzene rings is 1. The van der Waals surface area contributed by atoms with Crippen molar-refractivity contribution < 1.29 is 4.74 Å². The molecule has 1 fully saturated rings. The van der Waals surface area contributed by atoms with E-state index in [0.29, 0.717) is 0 Å². The highest BCUT2D eigenvalue weighted by Crippen LogP contribution is 2.12. The highest BCUT2D eigenvalue weighted by molar-refractivity contribution is 6.30. The molecule has 1 aromatic rings. The summed E-state index contributed by atoms with van der Waals surface area (Å²) in [6, 6.07) is 7.88. The van der Waals surface area contributed by atoms with Gasteiger partial charge in [0.2, 0.25) is 0 Å². The molecule has 1 aliphatic heterocycles. The van der Waals surface area contributed by atoms with Crippen LogP contribution in [0.4, 0.5) is 0 Å². The molecule has 1 saturated heterocycles. The van der Waals surface area contributed by atoms with Crippen molar-refractivity contribution in [2.24, 2.45) is 0 Å². The molecule has 2 nitrogen and oxygen atoms in total. The van der Waals surface area contributed by atoms with Gasteiger partial charge in [0.15, 0.2) is 0 Å². The van der Waals surface area contributed by atoms with E-state index in [9.17, 15) is 0 Å².